The standard InChI is InChI=1S/C17H26N2O3S/c1-12(2)18(5)23(21,22)16-8-6-7-14(11-16)17(20)19(13(3)4)15-9-10-15/h6-8,11-13,15H,9-10H2,1-5H3. The Morgan fingerprint density at radius 1 is 1.13 bits per heavy atom. The van der Waals surface area contributed by atoms with E-state index >= 15 is 0 Å². The monoisotopic (exact) mass is 338 g/mol. The Hall–Kier alpha value is -1.40. The van der Waals surface area contributed by atoms with Crippen molar-refractivity contribution >= 4 is 15.9 Å². The van der Waals surface area contributed by atoms with E-state index in [1.807, 2.05) is 32.6 Å². The molecule has 1 amide bonds. The average molecular weight is 338 g/mol. The van der Waals surface area contributed by atoms with Crippen molar-refractivity contribution in [1.29, 1.82) is 0 Å². The first-order valence-corrected chi connectivity index (χ1v) is 9.51. The SMILES string of the molecule is CC(C)N(C(=O)c1cccc(S(=O)(=O)N(C)C(C)C)c1)C1CC1. The topological polar surface area (TPSA) is 57.7 Å². The van der Waals surface area contributed by atoms with E-state index in [0.29, 0.717) is 11.6 Å². The normalized spacial score (nSPS) is 15.5. The van der Waals surface area contributed by atoms with Crippen LogP contribution in [0.15, 0.2) is 29.2 Å². The number of benzene rings is 1. The Balaban J connectivity index is 2.35. The van der Waals surface area contributed by atoms with Gasteiger partial charge in [-0.15, -0.1) is 0 Å². The van der Waals surface area contributed by atoms with Crippen molar-refractivity contribution in [3.05, 3.63) is 29.8 Å². The van der Waals surface area contributed by atoms with E-state index in [9.17, 15) is 13.2 Å². The van der Waals surface area contributed by atoms with Crippen molar-refractivity contribution in [3.8, 4) is 0 Å². The van der Waals surface area contributed by atoms with Crippen molar-refractivity contribution < 1.29 is 13.2 Å². The molecule has 23 heavy (non-hydrogen) atoms. The number of hydrogen-bond donors (Lipinski definition) is 0. The van der Waals surface area contributed by atoms with Crippen LogP contribution in [-0.2, 0) is 10.0 Å². The summed E-state index contributed by atoms with van der Waals surface area (Å²) in [5, 5.41) is 0. The van der Waals surface area contributed by atoms with E-state index in [-0.39, 0.29) is 22.9 Å². The van der Waals surface area contributed by atoms with Crippen molar-refractivity contribution in [2.24, 2.45) is 0 Å². The Bertz CT molecular complexity index is 677. The molecule has 0 aliphatic heterocycles. The largest absolute Gasteiger partial charge is 0.333 e. The number of rotatable bonds is 6. The highest BCUT2D eigenvalue weighted by molar-refractivity contribution is 7.89. The van der Waals surface area contributed by atoms with E-state index in [1.165, 1.54) is 10.4 Å². The molecule has 1 fully saturated rings. The molecule has 0 unspecified atom stereocenters. The minimum atomic E-state index is -3.58. The van der Waals surface area contributed by atoms with Crippen LogP contribution >= 0.6 is 0 Å². The Morgan fingerprint density at radius 3 is 2.22 bits per heavy atom. The zero-order valence-electron chi connectivity index (χ0n) is 14.5. The summed E-state index contributed by atoms with van der Waals surface area (Å²) in [6.45, 7) is 7.62. The fraction of sp³-hybridized carbons (Fsp3) is 0.588. The van der Waals surface area contributed by atoms with Crippen molar-refractivity contribution in [1.82, 2.24) is 9.21 Å². The number of hydrogen-bond acceptors (Lipinski definition) is 3. The molecule has 1 aromatic rings. The van der Waals surface area contributed by atoms with Gasteiger partial charge in [-0.2, -0.15) is 4.31 Å². The number of nitrogens with zero attached hydrogens (tertiary/aromatic N) is 2. The predicted molar refractivity (Wildman–Crippen MR) is 90.9 cm³/mol. The predicted octanol–water partition coefficient (Wildman–Crippen LogP) is 2.73. The molecule has 1 aliphatic rings. The molecular weight excluding hydrogens is 312 g/mol. The van der Waals surface area contributed by atoms with Crippen LogP contribution in [0.1, 0.15) is 50.9 Å². The van der Waals surface area contributed by atoms with Crippen molar-refractivity contribution in [2.75, 3.05) is 7.05 Å². The molecular formula is C17H26N2O3S. The first kappa shape index (κ1) is 17.9. The molecule has 2 rings (SSSR count). The molecule has 0 spiro atoms. The third-order valence-electron chi connectivity index (χ3n) is 4.22. The van der Waals surface area contributed by atoms with E-state index in [0.717, 1.165) is 12.8 Å². The van der Waals surface area contributed by atoms with E-state index in [4.69, 9.17) is 0 Å². The number of amides is 1. The highest BCUT2D eigenvalue weighted by Crippen LogP contribution is 2.30. The van der Waals surface area contributed by atoms with Crippen LogP contribution in [0.4, 0.5) is 0 Å². The molecule has 6 heteroatoms. The lowest BCUT2D eigenvalue weighted by Crippen LogP contribution is -2.39. The van der Waals surface area contributed by atoms with E-state index < -0.39 is 10.0 Å². The van der Waals surface area contributed by atoms with Gasteiger partial charge in [-0.3, -0.25) is 4.79 Å². The maximum Gasteiger partial charge on any atom is 0.254 e. The lowest BCUT2D eigenvalue weighted by molar-refractivity contribution is 0.0690. The maximum absolute atomic E-state index is 12.8. The van der Waals surface area contributed by atoms with Crippen LogP contribution in [0.5, 0.6) is 0 Å². The average Bonchev–Trinajstić information content (AvgIpc) is 3.30. The molecule has 0 bridgehead atoms. The number of carbonyl (C=O) groups is 1. The van der Waals surface area contributed by atoms with Crippen molar-refractivity contribution in [3.63, 3.8) is 0 Å². The minimum absolute atomic E-state index is 0.0910. The molecule has 0 atom stereocenters. The summed E-state index contributed by atoms with van der Waals surface area (Å²) in [5.41, 5.74) is 0.434. The van der Waals surface area contributed by atoms with Crippen LogP contribution < -0.4 is 0 Å². The second-order valence-corrected chi connectivity index (χ2v) is 8.68. The fourth-order valence-electron chi connectivity index (χ4n) is 2.56. The lowest BCUT2D eigenvalue weighted by Gasteiger charge is -2.27. The lowest BCUT2D eigenvalue weighted by atomic mass is 10.1. The second-order valence-electron chi connectivity index (χ2n) is 6.68. The molecule has 0 heterocycles. The van der Waals surface area contributed by atoms with Gasteiger partial charge in [0, 0.05) is 30.7 Å². The van der Waals surface area contributed by atoms with E-state index in [1.54, 1.807) is 25.2 Å². The van der Waals surface area contributed by atoms with Crippen LogP contribution in [0.3, 0.4) is 0 Å². The highest BCUT2D eigenvalue weighted by atomic mass is 32.2. The first-order chi connectivity index (χ1) is 10.7. The van der Waals surface area contributed by atoms with Crippen LogP contribution in [-0.4, -0.2) is 48.7 Å². The minimum Gasteiger partial charge on any atom is -0.333 e. The van der Waals surface area contributed by atoms with Gasteiger partial charge in [0.25, 0.3) is 5.91 Å². The molecule has 1 saturated carbocycles. The Labute approximate surface area is 139 Å². The van der Waals surface area contributed by atoms with Gasteiger partial charge in [0.1, 0.15) is 0 Å². The summed E-state index contributed by atoms with van der Waals surface area (Å²) in [4.78, 5) is 14.8. The maximum atomic E-state index is 12.8. The number of carbonyl (C=O) groups excluding carboxylic acids is 1. The molecule has 0 saturated heterocycles. The molecule has 1 aliphatic carbocycles. The van der Waals surface area contributed by atoms with Gasteiger partial charge in [0.05, 0.1) is 4.90 Å². The summed E-state index contributed by atoms with van der Waals surface area (Å²) < 4.78 is 26.5. The van der Waals surface area contributed by atoms with Gasteiger partial charge in [0.15, 0.2) is 0 Å². The fourth-order valence-corrected chi connectivity index (χ4v) is 3.97. The zero-order valence-corrected chi connectivity index (χ0v) is 15.3. The van der Waals surface area contributed by atoms with Gasteiger partial charge < -0.3 is 4.90 Å². The smallest absolute Gasteiger partial charge is 0.254 e. The highest BCUT2D eigenvalue weighted by Gasteiger charge is 2.35. The first-order valence-electron chi connectivity index (χ1n) is 8.07. The van der Waals surface area contributed by atoms with Gasteiger partial charge in [0.2, 0.25) is 10.0 Å². The van der Waals surface area contributed by atoms with Crippen molar-refractivity contribution in [2.45, 2.75) is 63.6 Å². The Morgan fingerprint density at radius 2 is 1.74 bits per heavy atom. The Kier molecular flexibility index (Phi) is 5.16. The van der Waals surface area contributed by atoms with Crippen LogP contribution in [0, 0.1) is 0 Å². The van der Waals surface area contributed by atoms with Crippen LogP contribution in [0.25, 0.3) is 0 Å². The zero-order chi connectivity index (χ0) is 17.4. The summed E-state index contributed by atoms with van der Waals surface area (Å²) in [6, 6.07) is 6.62. The number of sulfonamides is 1. The third kappa shape index (κ3) is 3.75. The second kappa shape index (κ2) is 6.61. The summed E-state index contributed by atoms with van der Waals surface area (Å²) in [7, 11) is -2.03. The van der Waals surface area contributed by atoms with Gasteiger partial charge in [-0.05, 0) is 58.7 Å². The summed E-state index contributed by atoms with van der Waals surface area (Å²) in [6.07, 6.45) is 2.05. The molecule has 128 valence electrons. The quantitative estimate of drug-likeness (QED) is 0.801. The van der Waals surface area contributed by atoms with Gasteiger partial charge >= 0.3 is 0 Å². The van der Waals surface area contributed by atoms with Gasteiger partial charge in [-0.1, -0.05) is 6.07 Å². The van der Waals surface area contributed by atoms with Gasteiger partial charge in [-0.25, -0.2) is 8.42 Å². The molecule has 5 nitrogen and oxygen atoms in total. The molecule has 0 aromatic heterocycles. The molecule has 0 N–H and O–H groups in total. The molecule has 0 radical (unpaired) electrons. The van der Waals surface area contributed by atoms with E-state index in [2.05, 4.69) is 0 Å². The summed E-state index contributed by atoms with van der Waals surface area (Å²) in [5.74, 6) is -0.0910. The summed E-state index contributed by atoms with van der Waals surface area (Å²) >= 11 is 0. The third-order valence-corrected chi connectivity index (χ3v) is 6.25. The van der Waals surface area contributed by atoms with Crippen LogP contribution in [0.2, 0.25) is 0 Å². The molecule has 1 aromatic carbocycles.